The lowest BCUT2D eigenvalue weighted by Crippen LogP contribution is -2.05. The maximum absolute atomic E-state index is 13.3. The maximum atomic E-state index is 13.3. The summed E-state index contributed by atoms with van der Waals surface area (Å²) in [5.74, 6) is -0.357. The van der Waals surface area contributed by atoms with E-state index >= 15 is 0 Å². The van der Waals surface area contributed by atoms with Crippen LogP contribution in [0.4, 0.5) is 4.39 Å². The number of benzene rings is 1. The molecule has 15 heavy (non-hydrogen) atoms. The SMILES string of the molecule is CCOCCC(O)c1cc(C)ccc1F. The minimum atomic E-state index is -0.781. The Labute approximate surface area is 89.7 Å². The second kappa shape index (κ2) is 5.83. The van der Waals surface area contributed by atoms with Crippen molar-refractivity contribution < 1.29 is 14.2 Å². The van der Waals surface area contributed by atoms with Crippen LogP contribution in [0, 0.1) is 12.7 Å². The first-order valence-electron chi connectivity index (χ1n) is 5.17. The topological polar surface area (TPSA) is 29.5 Å². The van der Waals surface area contributed by atoms with E-state index in [-0.39, 0.29) is 5.82 Å². The van der Waals surface area contributed by atoms with Gasteiger partial charge in [0.2, 0.25) is 0 Å². The molecular weight excluding hydrogens is 195 g/mol. The zero-order valence-corrected chi connectivity index (χ0v) is 9.16. The van der Waals surface area contributed by atoms with Crippen molar-refractivity contribution in [3.05, 3.63) is 35.1 Å². The highest BCUT2D eigenvalue weighted by atomic mass is 19.1. The quantitative estimate of drug-likeness (QED) is 0.760. The number of halogens is 1. The number of aliphatic hydroxyl groups is 1. The van der Waals surface area contributed by atoms with Crippen LogP contribution in [-0.2, 0) is 4.74 Å². The summed E-state index contributed by atoms with van der Waals surface area (Å²) in [6.45, 7) is 4.83. The molecule has 1 atom stereocenters. The zero-order chi connectivity index (χ0) is 11.3. The number of ether oxygens (including phenoxy) is 1. The van der Waals surface area contributed by atoms with E-state index in [4.69, 9.17) is 4.74 Å². The summed E-state index contributed by atoms with van der Waals surface area (Å²) in [5, 5.41) is 9.73. The van der Waals surface area contributed by atoms with Gasteiger partial charge in [-0.25, -0.2) is 4.39 Å². The third kappa shape index (κ3) is 3.61. The van der Waals surface area contributed by atoms with Crippen LogP contribution < -0.4 is 0 Å². The monoisotopic (exact) mass is 212 g/mol. The van der Waals surface area contributed by atoms with Gasteiger partial charge in [0.05, 0.1) is 6.10 Å². The highest BCUT2D eigenvalue weighted by molar-refractivity contribution is 5.25. The van der Waals surface area contributed by atoms with Crippen molar-refractivity contribution in [3.8, 4) is 0 Å². The molecule has 0 aliphatic rings. The third-order valence-electron chi connectivity index (χ3n) is 2.25. The summed E-state index contributed by atoms with van der Waals surface area (Å²) in [5.41, 5.74) is 1.30. The van der Waals surface area contributed by atoms with Gasteiger partial charge in [-0.15, -0.1) is 0 Å². The largest absolute Gasteiger partial charge is 0.388 e. The molecular formula is C12H17FO2. The molecule has 0 saturated carbocycles. The maximum Gasteiger partial charge on any atom is 0.129 e. The fourth-order valence-corrected chi connectivity index (χ4v) is 1.41. The lowest BCUT2D eigenvalue weighted by molar-refractivity contribution is 0.0868. The molecule has 3 heteroatoms. The predicted molar refractivity (Wildman–Crippen MR) is 57.2 cm³/mol. The Balaban J connectivity index is 2.64. The van der Waals surface area contributed by atoms with E-state index in [1.54, 1.807) is 12.1 Å². The molecule has 0 aromatic heterocycles. The lowest BCUT2D eigenvalue weighted by Gasteiger charge is -2.12. The lowest BCUT2D eigenvalue weighted by atomic mass is 10.0. The molecule has 84 valence electrons. The molecule has 0 fully saturated rings. The number of hydrogen-bond acceptors (Lipinski definition) is 2. The molecule has 0 bridgehead atoms. The molecule has 0 spiro atoms. The average Bonchev–Trinajstić information content (AvgIpc) is 2.22. The van der Waals surface area contributed by atoms with Gasteiger partial charge in [0.1, 0.15) is 5.82 Å². The molecule has 0 radical (unpaired) electrons. The summed E-state index contributed by atoms with van der Waals surface area (Å²) in [4.78, 5) is 0. The van der Waals surface area contributed by atoms with Crippen LogP contribution in [-0.4, -0.2) is 18.3 Å². The minimum Gasteiger partial charge on any atom is -0.388 e. The number of hydrogen-bond donors (Lipinski definition) is 1. The molecule has 0 heterocycles. The van der Waals surface area contributed by atoms with E-state index < -0.39 is 6.10 Å². The first-order valence-corrected chi connectivity index (χ1v) is 5.17. The van der Waals surface area contributed by atoms with Gasteiger partial charge >= 0.3 is 0 Å². The summed E-state index contributed by atoms with van der Waals surface area (Å²) in [7, 11) is 0. The molecule has 1 rings (SSSR count). The highest BCUT2D eigenvalue weighted by Crippen LogP contribution is 2.21. The number of aryl methyl sites for hydroxylation is 1. The minimum absolute atomic E-state index is 0.356. The summed E-state index contributed by atoms with van der Waals surface area (Å²) >= 11 is 0. The van der Waals surface area contributed by atoms with Crippen molar-refractivity contribution in [1.29, 1.82) is 0 Å². The van der Waals surface area contributed by atoms with E-state index in [0.29, 0.717) is 25.2 Å². The Kier molecular flexibility index (Phi) is 4.72. The van der Waals surface area contributed by atoms with Crippen molar-refractivity contribution in [2.75, 3.05) is 13.2 Å². The first-order chi connectivity index (χ1) is 7.15. The van der Waals surface area contributed by atoms with E-state index in [2.05, 4.69) is 0 Å². The second-order valence-corrected chi connectivity index (χ2v) is 3.53. The van der Waals surface area contributed by atoms with Gasteiger partial charge in [-0.1, -0.05) is 17.7 Å². The van der Waals surface area contributed by atoms with Gasteiger partial charge in [0.15, 0.2) is 0 Å². The fraction of sp³-hybridized carbons (Fsp3) is 0.500. The van der Waals surface area contributed by atoms with Crippen molar-refractivity contribution in [2.45, 2.75) is 26.4 Å². The highest BCUT2D eigenvalue weighted by Gasteiger charge is 2.12. The van der Waals surface area contributed by atoms with Crippen LogP contribution in [0.1, 0.15) is 30.6 Å². The molecule has 0 aliphatic carbocycles. The first kappa shape index (κ1) is 12.1. The predicted octanol–water partition coefficient (Wildman–Crippen LogP) is 2.59. The van der Waals surface area contributed by atoms with E-state index in [1.807, 2.05) is 13.8 Å². The Bertz CT molecular complexity index is 312. The Morgan fingerprint density at radius 3 is 2.87 bits per heavy atom. The van der Waals surface area contributed by atoms with Crippen molar-refractivity contribution >= 4 is 0 Å². The Morgan fingerprint density at radius 2 is 2.20 bits per heavy atom. The molecule has 0 aliphatic heterocycles. The molecule has 0 saturated heterocycles. The Hall–Kier alpha value is -0.930. The molecule has 1 N–H and O–H groups in total. The zero-order valence-electron chi connectivity index (χ0n) is 9.16. The van der Waals surface area contributed by atoms with Gasteiger partial charge in [-0.2, -0.15) is 0 Å². The number of rotatable bonds is 5. The third-order valence-corrected chi connectivity index (χ3v) is 2.25. The van der Waals surface area contributed by atoms with Gasteiger partial charge < -0.3 is 9.84 Å². The number of aliphatic hydroxyl groups excluding tert-OH is 1. The van der Waals surface area contributed by atoms with Crippen LogP contribution in [0.25, 0.3) is 0 Å². The molecule has 2 nitrogen and oxygen atoms in total. The summed E-state index contributed by atoms with van der Waals surface area (Å²) < 4.78 is 18.4. The van der Waals surface area contributed by atoms with Gasteiger partial charge in [0, 0.05) is 25.2 Å². The van der Waals surface area contributed by atoms with Crippen molar-refractivity contribution in [2.24, 2.45) is 0 Å². The molecule has 1 unspecified atom stereocenters. The standard InChI is InChI=1S/C12H17FO2/c1-3-15-7-6-12(14)10-8-9(2)4-5-11(10)13/h4-5,8,12,14H,3,6-7H2,1-2H3. The second-order valence-electron chi connectivity index (χ2n) is 3.53. The van der Waals surface area contributed by atoms with Crippen molar-refractivity contribution in [3.63, 3.8) is 0 Å². The van der Waals surface area contributed by atoms with E-state index in [0.717, 1.165) is 5.56 Å². The normalized spacial score (nSPS) is 12.8. The Morgan fingerprint density at radius 1 is 1.47 bits per heavy atom. The van der Waals surface area contributed by atoms with Gasteiger partial charge in [-0.3, -0.25) is 0 Å². The van der Waals surface area contributed by atoms with E-state index in [1.165, 1.54) is 6.07 Å². The van der Waals surface area contributed by atoms with Crippen LogP contribution in [0.15, 0.2) is 18.2 Å². The fourth-order valence-electron chi connectivity index (χ4n) is 1.41. The van der Waals surface area contributed by atoms with Crippen LogP contribution in [0.3, 0.4) is 0 Å². The van der Waals surface area contributed by atoms with Crippen LogP contribution >= 0.6 is 0 Å². The van der Waals surface area contributed by atoms with Crippen molar-refractivity contribution in [1.82, 2.24) is 0 Å². The molecule has 1 aromatic carbocycles. The summed E-state index contributed by atoms with van der Waals surface area (Å²) in [6, 6.07) is 4.74. The van der Waals surface area contributed by atoms with Gasteiger partial charge in [-0.05, 0) is 19.9 Å². The van der Waals surface area contributed by atoms with E-state index in [9.17, 15) is 9.50 Å². The van der Waals surface area contributed by atoms with Crippen LogP contribution in [0.5, 0.6) is 0 Å². The smallest absolute Gasteiger partial charge is 0.129 e. The van der Waals surface area contributed by atoms with Gasteiger partial charge in [0.25, 0.3) is 0 Å². The molecule has 0 amide bonds. The molecule has 1 aromatic rings. The summed E-state index contributed by atoms with van der Waals surface area (Å²) in [6.07, 6.45) is -0.356. The van der Waals surface area contributed by atoms with Crippen LogP contribution in [0.2, 0.25) is 0 Å². The average molecular weight is 212 g/mol.